The average molecular weight is 974 g/mol. The van der Waals surface area contributed by atoms with Crippen molar-refractivity contribution in [3.05, 3.63) is 11.8 Å². The molecule has 1 saturated heterocycles. The summed E-state index contributed by atoms with van der Waals surface area (Å²) in [5, 5.41) is 58.8. The Morgan fingerprint density at radius 1 is 0.735 bits per heavy atom. The van der Waals surface area contributed by atoms with Gasteiger partial charge in [0.15, 0.2) is 6.29 Å². The fourth-order valence-electron chi connectivity index (χ4n) is 8.56. The lowest BCUT2D eigenvalue weighted by atomic mass is 9.68. The lowest BCUT2D eigenvalue weighted by Crippen LogP contribution is -2.71. The Morgan fingerprint density at radius 2 is 1.24 bits per heavy atom. The molecule has 2 heterocycles. The molecule has 0 unspecified atom stereocenters. The molecular weight excluding hydrogens is 895 g/mol. The van der Waals surface area contributed by atoms with Crippen LogP contribution in [-0.4, -0.2) is 177 Å². The van der Waals surface area contributed by atoms with Gasteiger partial charge in [-0.15, -0.1) is 0 Å². The van der Waals surface area contributed by atoms with E-state index in [9.17, 15) is 44.4 Å². The van der Waals surface area contributed by atoms with E-state index in [4.69, 9.17) is 37.9 Å². The van der Waals surface area contributed by atoms with Crippen LogP contribution in [0.15, 0.2) is 11.8 Å². The molecule has 0 aromatic heterocycles. The molecule has 2 aliphatic heterocycles. The number of nitrogens with zero attached hydrogens (tertiary/aromatic N) is 1. The monoisotopic (exact) mass is 974 g/mol. The van der Waals surface area contributed by atoms with Gasteiger partial charge < -0.3 is 84.5 Å². The van der Waals surface area contributed by atoms with Gasteiger partial charge in [0.1, 0.15) is 63.8 Å². The first-order valence-corrected chi connectivity index (χ1v) is 23.2. The zero-order valence-corrected chi connectivity index (χ0v) is 42.4. The normalized spacial score (nSPS) is 33.3. The van der Waals surface area contributed by atoms with Crippen molar-refractivity contribution in [1.29, 1.82) is 0 Å². The number of ether oxygens (including phenoxy) is 8. The van der Waals surface area contributed by atoms with E-state index >= 15 is 0 Å². The molecule has 11 atom stereocenters. The Labute approximate surface area is 399 Å². The molecule has 22 heteroatoms. The molecular formula is C46H79N5O17. The Kier molecular flexibility index (Phi) is 17.9. The summed E-state index contributed by atoms with van der Waals surface area (Å²) in [4.78, 5) is 67.7. The van der Waals surface area contributed by atoms with Gasteiger partial charge in [-0.25, -0.2) is 14.4 Å². The highest BCUT2D eigenvalue weighted by molar-refractivity contribution is 5.86. The molecule has 4 amide bonds. The predicted molar refractivity (Wildman–Crippen MR) is 242 cm³/mol. The van der Waals surface area contributed by atoms with E-state index in [1.807, 2.05) is 0 Å². The maximum atomic E-state index is 14.1. The molecule has 0 aromatic rings. The minimum absolute atomic E-state index is 0.0422. The summed E-state index contributed by atoms with van der Waals surface area (Å²) in [7, 11) is 3.03. The average Bonchev–Trinajstić information content (AvgIpc) is 3.12. The number of aliphatic hydroxyl groups excluding tert-OH is 2. The molecule has 2 saturated carbocycles. The molecule has 0 bridgehead atoms. The molecule has 2 aliphatic carbocycles. The number of carbonyl (C=O) groups excluding carboxylic acids is 5. The molecule has 3 fully saturated rings. The zero-order chi connectivity index (χ0) is 51.5. The molecule has 22 nitrogen and oxygen atoms in total. The first-order valence-electron chi connectivity index (χ1n) is 23.2. The van der Waals surface area contributed by atoms with Crippen LogP contribution in [0.2, 0.25) is 0 Å². The second-order valence-electron chi connectivity index (χ2n) is 22.6. The van der Waals surface area contributed by atoms with Crippen molar-refractivity contribution in [2.24, 2.45) is 5.92 Å². The summed E-state index contributed by atoms with van der Waals surface area (Å²) in [6.07, 6.45) is -10.9. The van der Waals surface area contributed by atoms with Crippen molar-refractivity contribution >= 4 is 30.2 Å². The Hall–Kier alpha value is -4.03. The number of likely N-dealkylation sites (N-methyl/N-ethyl adjacent to an activating group) is 2. The highest BCUT2D eigenvalue weighted by Crippen LogP contribution is 2.42. The second kappa shape index (κ2) is 21.5. The summed E-state index contributed by atoms with van der Waals surface area (Å²) >= 11 is 0. The van der Waals surface area contributed by atoms with Crippen LogP contribution in [0.5, 0.6) is 0 Å². The van der Waals surface area contributed by atoms with E-state index in [0.717, 1.165) is 4.90 Å². The van der Waals surface area contributed by atoms with Crippen LogP contribution in [0.1, 0.15) is 122 Å². The molecule has 0 spiro atoms. The van der Waals surface area contributed by atoms with E-state index in [1.165, 1.54) is 14.0 Å². The number of aliphatic hydroxyl groups is 4. The summed E-state index contributed by atoms with van der Waals surface area (Å²) < 4.78 is 47.2. The van der Waals surface area contributed by atoms with E-state index < -0.39 is 132 Å². The molecule has 0 aromatic carbocycles. The number of hydrogen-bond acceptors (Lipinski definition) is 18. The van der Waals surface area contributed by atoms with E-state index in [0.29, 0.717) is 5.76 Å². The standard InChI is InChI=1S/C46H79N5O17/c1-41(2,3)65-29(52)18-24-20-46(60,21-24)37(55)48-27-19-28(50-39(57)67-43(7,8)9)33(63-35-26(17-16-25(62-35)22-47-14)49-38(56)66-42(4,5)6)30(53)32(27)64-36-31(54)34(45(13,59)23-61-36)51(15)40(58)68-44(10,11)12/h16,24,26-28,30-36,47,53-54,59-60H,17-23H2,1-15H3,(H,48,55)(H,49,56)(H,50,57)/t24?,26-,27-,28+,30-,31-,32+,33-,34-,35-,36-,45+,46?/m1/s1. The van der Waals surface area contributed by atoms with Crippen LogP contribution in [0.25, 0.3) is 0 Å². The van der Waals surface area contributed by atoms with Gasteiger partial charge in [0.05, 0.1) is 37.3 Å². The summed E-state index contributed by atoms with van der Waals surface area (Å²) in [6, 6.07) is -4.82. The topological polar surface area (TPSA) is 291 Å². The first kappa shape index (κ1) is 56.6. The van der Waals surface area contributed by atoms with Crippen LogP contribution in [0.4, 0.5) is 14.4 Å². The van der Waals surface area contributed by atoms with Crippen LogP contribution in [-0.2, 0) is 47.5 Å². The molecule has 4 aliphatic rings. The molecule has 4 rings (SSSR count). The number of nitrogens with one attached hydrogen (secondary N) is 4. The summed E-state index contributed by atoms with van der Waals surface area (Å²) in [6.45, 7) is 21.3. The fraction of sp³-hybridized carbons (Fsp3) is 0.848. The minimum atomic E-state index is -1.96. The van der Waals surface area contributed by atoms with Gasteiger partial charge in [-0.3, -0.25) is 9.59 Å². The third kappa shape index (κ3) is 16.0. The van der Waals surface area contributed by atoms with Crippen LogP contribution in [0.3, 0.4) is 0 Å². The van der Waals surface area contributed by atoms with E-state index in [-0.39, 0.29) is 44.6 Å². The number of amides is 4. The van der Waals surface area contributed by atoms with Crippen LogP contribution in [0, 0.1) is 5.92 Å². The van der Waals surface area contributed by atoms with Crippen molar-refractivity contribution < 1.29 is 82.3 Å². The largest absolute Gasteiger partial charge is 0.466 e. The van der Waals surface area contributed by atoms with Crippen LogP contribution >= 0.6 is 0 Å². The van der Waals surface area contributed by atoms with Gasteiger partial charge in [0, 0.05) is 13.5 Å². The van der Waals surface area contributed by atoms with Gasteiger partial charge >= 0.3 is 24.2 Å². The molecule has 0 radical (unpaired) electrons. The van der Waals surface area contributed by atoms with Gasteiger partial charge in [0.25, 0.3) is 5.91 Å². The highest BCUT2D eigenvalue weighted by atomic mass is 16.7. The quantitative estimate of drug-likeness (QED) is 0.0970. The Morgan fingerprint density at radius 3 is 1.75 bits per heavy atom. The molecule has 68 heavy (non-hydrogen) atoms. The van der Waals surface area contributed by atoms with Crippen molar-refractivity contribution in [3.8, 4) is 0 Å². The third-order valence-electron chi connectivity index (χ3n) is 11.3. The van der Waals surface area contributed by atoms with Gasteiger partial charge in [0.2, 0.25) is 6.29 Å². The van der Waals surface area contributed by atoms with Crippen molar-refractivity contribution in [2.75, 3.05) is 27.2 Å². The second-order valence-corrected chi connectivity index (χ2v) is 22.6. The lowest BCUT2D eigenvalue weighted by Gasteiger charge is -2.51. The van der Waals surface area contributed by atoms with Crippen molar-refractivity contribution in [3.63, 3.8) is 0 Å². The third-order valence-corrected chi connectivity index (χ3v) is 11.3. The van der Waals surface area contributed by atoms with Gasteiger partial charge in [-0.2, -0.15) is 0 Å². The lowest BCUT2D eigenvalue weighted by molar-refractivity contribution is -0.311. The number of hydrogen-bond donors (Lipinski definition) is 8. The highest BCUT2D eigenvalue weighted by Gasteiger charge is 2.57. The van der Waals surface area contributed by atoms with E-state index in [1.54, 1.807) is 96.2 Å². The number of rotatable bonds is 13. The van der Waals surface area contributed by atoms with Crippen LogP contribution < -0.4 is 21.3 Å². The maximum absolute atomic E-state index is 14.1. The summed E-state index contributed by atoms with van der Waals surface area (Å²) in [5.41, 5.74) is -7.33. The first-order chi connectivity index (χ1) is 31.0. The Bertz CT molecular complexity index is 1810. The van der Waals surface area contributed by atoms with Gasteiger partial charge in [-0.05, 0) is 135 Å². The minimum Gasteiger partial charge on any atom is -0.466 e. The fourth-order valence-corrected chi connectivity index (χ4v) is 8.56. The van der Waals surface area contributed by atoms with E-state index in [2.05, 4.69) is 21.3 Å². The number of alkyl carbamates (subject to hydrolysis) is 2. The number of esters is 1. The smallest absolute Gasteiger partial charge is 0.410 e. The van der Waals surface area contributed by atoms with Crippen molar-refractivity contribution in [2.45, 2.75) is 217 Å². The summed E-state index contributed by atoms with van der Waals surface area (Å²) in [5.74, 6) is -1.32. The molecule has 8 N–H and O–H groups in total. The predicted octanol–water partition coefficient (Wildman–Crippen LogP) is 2.22. The molecule has 390 valence electrons. The maximum Gasteiger partial charge on any atom is 0.410 e. The number of carbonyl (C=O) groups is 5. The van der Waals surface area contributed by atoms with Crippen molar-refractivity contribution in [1.82, 2.24) is 26.2 Å². The Balaban J connectivity index is 1.75. The SMILES string of the molecule is CNCC1=CC[C@@H](NC(=O)OC(C)(C)C)[C@@H](O[C@H]2[C@H](O)[C@@H](O[C@H]3OC[C@](C)(O)[C@H](N(C)C(=O)OC(C)(C)C)[C@H]3O)[C@H](NC(=O)C3(O)CC(CC(=O)OC(C)(C)C)C3)C[C@@H]2NC(=O)OC(C)(C)C)O1. The zero-order valence-electron chi connectivity index (χ0n) is 42.4. The van der Waals surface area contributed by atoms with Gasteiger partial charge in [-0.1, -0.05) is 0 Å².